The number of hydrogen-bond donors (Lipinski definition) is 8. The molecule has 230 valence electrons. The van der Waals surface area contributed by atoms with Crippen LogP contribution in [0.5, 0.6) is 0 Å². The second-order valence-electron chi connectivity index (χ2n) is 9.37. The minimum atomic E-state index is -2.11. The van der Waals surface area contributed by atoms with Crippen LogP contribution in [-0.2, 0) is 30.3 Å². The second-order valence-corrected chi connectivity index (χ2v) is 10.4. The number of rotatable bonds is 21. The first-order chi connectivity index (χ1) is 19.5. The van der Waals surface area contributed by atoms with Crippen molar-refractivity contribution >= 4 is 46.4 Å². The molecule has 3 unspecified atom stereocenters. The van der Waals surface area contributed by atoms with Gasteiger partial charge < -0.3 is 42.0 Å². The number of primary amides is 1. The Morgan fingerprint density at radius 3 is 2.17 bits per heavy atom. The molecule has 1 aromatic carbocycles. The van der Waals surface area contributed by atoms with Gasteiger partial charge in [0.05, 0.1) is 11.8 Å². The summed E-state index contributed by atoms with van der Waals surface area (Å²) in [6.45, 7) is 3.26. The summed E-state index contributed by atoms with van der Waals surface area (Å²) < 4.78 is 19.8. The SMILES string of the molecule is CCCNc1ccc(C(=O)NCCCC[C@H](NC(=O)CCC(NC(=O)C(CCS(=O)O)NC)C(=O)O)C(N)=O)cc1. The molecule has 0 fully saturated rings. The first-order valence-corrected chi connectivity index (χ1v) is 14.7. The zero-order valence-electron chi connectivity index (χ0n) is 23.4. The minimum absolute atomic E-state index is 0.00613. The van der Waals surface area contributed by atoms with E-state index in [0.29, 0.717) is 24.9 Å². The average molecular weight is 599 g/mol. The van der Waals surface area contributed by atoms with Crippen molar-refractivity contribution in [2.75, 3.05) is 31.2 Å². The van der Waals surface area contributed by atoms with E-state index in [1.54, 1.807) is 12.1 Å². The third-order valence-corrected chi connectivity index (χ3v) is 6.72. The number of unbranched alkanes of at least 4 members (excludes halogenated alkanes) is 1. The van der Waals surface area contributed by atoms with E-state index in [1.165, 1.54) is 7.05 Å². The summed E-state index contributed by atoms with van der Waals surface area (Å²) in [5, 5.41) is 22.9. The molecular weight excluding hydrogens is 556 g/mol. The van der Waals surface area contributed by atoms with Crippen molar-refractivity contribution in [3.8, 4) is 0 Å². The highest BCUT2D eigenvalue weighted by Crippen LogP contribution is 2.10. The maximum Gasteiger partial charge on any atom is 0.326 e. The normalized spacial score (nSPS) is 13.7. The predicted molar refractivity (Wildman–Crippen MR) is 154 cm³/mol. The molecule has 0 aliphatic heterocycles. The topological polar surface area (TPSA) is 229 Å². The van der Waals surface area contributed by atoms with E-state index in [9.17, 15) is 33.3 Å². The zero-order chi connectivity index (χ0) is 30.8. The molecule has 0 saturated heterocycles. The predicted octanol–water partition coefficient (Wildman–Crippen LogP) is -0.0719. The van der Waals surface area contributed by atoms with E-state index >= 15 is 0 Å². The molecule has 0 heterocycles. The van der Waals surface area contributed by atoms with Crippen molar-refractivity contribution in [1.82, 2.24) is 21.3 Å². The van der Waals surface area contributed by atoms with Gasteiger partial charge in [0.15, 0.2) is 11.1 Å². The number of hydrogen-bond acceptors (Lipinski definition) is 8. The Kier molecular flexibility index (Phi) is 16.9. The summed E-state index contributed by atoms with van der Waals surface area (Å²) in [5.74, 6) is -3.81. The van der Waals surface area contributed by atoms with Crippen molar-refractivity contribution < 1.29 is 37.8 Å². The van der Waals surface area contributed by atoms with E-state index in [2.05, 4.69) is 33.5 Å². The van der Waals surface area contributed by atoms with Crippen LogP contribution in [0.3, 0.4) is 0 Å². The fourth-order valence-corrected chi connectivity index (χ4v) is 4.21. The summed E-state index contributed by atoms with van der Waals surface area (Å²) in [6, 6.07) is 3.87. The summed E-state index contributed by atoms with van der Waals surface area (Å²) in [7, 11) is 1.45. The van der Waals surface area contributed by atoms with Crippen LogP contribution >= 0.6 is 0 Å². The van der Waals surface area contributed by atoms with Gasteiger partial charge in [-0.25, -0.2) is 9.00 Å². The van der Waals surface area contributed by atoms with Crippen LogP contribution in [-0.4, -0.2) is 87.5 Å². The van der Waals surface area contributed by atoms with Crippen molar-refractivity contribution in [3.05, 3.63) is 29.8 Å². The van der Waals surface area contributed by atoms with Crippen LogP contribution in [0.15, 0.2) is 24.3 Å². The average Bonchev–Trinajstić information content (AvgIpc) is 2.93. The molecule has 0 aromatic heterocycles. The van der Waals surface area contributed by atoms with Gasteiger partial charge in [-0.05, 0) is 69.8 Å². The lowest BCUT2D eigenvalue weighted by Gasteiger charge is -2.20. The van der Waals surface area contributed by atoms with E-state index < -0.39 is 52.9 Å². The fraction of sp³-hybridized carbons (Fsp3) is 0.577. The number of amides is 4. The third kappa shape index (κ3) is 14.6. The molecule has 4 atom stereocenters. The Morgan fingerprint density at radius 2 is 1.61 bits per heavy atom. The standard InChI is InChI=1S/C26H42N6O8S/c1-3-14-29-18-9-7-17(8-10-18)24(35)30-15-5-4-6-19(23(27)34)31-22(33)12-11-21(26(37)38)32-25(36)20(28-2)13-16-41(39)40/h7-10,19-21,28-29H,3-6,11-16H2,1-2H3,(H2,27,34)(H,30,35)(H,31,33)(H,32,36)(H,37,38)(H,39,40)/t19-,20?,21?/m0/s1. The Labute approximate surface area is 242 Å². The Hall–Kier alpha value is -3.56. The third-order valence-electron chi connectivity index (χ3n) is 6.13. The van der Waals surface area contributed by atoms with Crippen LogP contribution in [0, 0.1) is 0 Å². The van der Waals surface area contributed by atoms with Crippen LogP contribution in [0.1, 0.15) is 62.2 Å². The molecule has 1 rings (SSSR count). The first-order valence-electron chi connectivity index (χ1n) is 13.5. The van der Waals surface area contributed by atoms with Gasteiger partial charge >= 0.3 is 5.97 Å². The van der Waals surface area contributed by atoms with Crippen molar-refractivity contribution in [2.24, 2.45) is 5.73 Å². The Morgan fingerprint density at radius 1 is 0.927 bits per heavy atom. The lowest BCUT2D eigenvalue weighted by molar-refractivity contribution is -0.142. The molecule has 0 radical (unpaired) electrons. The van der Waals surface area contributed by atoms with Crippen LogP contribution < -0.4 is 32.3 Å². The second kappa shape index (κ2) is 19.5. The van der Waals surface area contributed by atoms with Crippen LogP contribution in [0.2, 0.25) is 0 Å². The molecule has 0 saturated carbocycles. The van der Waals surface area contributed by atoms with Gasteiger partial charge in [0.2, 0.25) is 17.7 Å². The van der Waals surface area contributed by atoms with E-state index in [1.807, 2.05) is 12.1 Å². The first kappa shape index (κ1) is 35.5. The number of nitrogens with two attached hydrogens (primary N) is 1. The van der Waals surface area contributed by atoms with Crippen LogP contribution in [0.4, 0.5) is 5.69 Å². The number of anilines is 1. The number of benzene rings is 1. The lowest BCUT2D eigenvalue weighted by atomic mass is 10.1. The number of carbonyl (C=O) groups is 5. The fourth-order valence-electron chi connectivity index (χ4n) is 3.77. The molecule has 0 bridgehead atoms. The molecular formula is C26H42N6O8S. The summed E-state index contributed by atoms with van der Waals surface area (Å²) in [6.07, 6.45) is 1.69. The number of nitrogens with one attached hydrogen (secondary N) is 5. The van der Waals surface area contributed by atoms with Gasteiger partial charge in [0.25, 0.3) is 5.91 Å². The largest absolute Gasteiger partial charge is 0.480 e. The smallest absolute Gasteiger partial charge is 0.326 e. The molecule has 15 heteroatoms. The highest BCUT2D eigenvalue weighted by atomic mass is 32.2. The van der Waals surface area contributed by atoms with Crippen molar-refractivity contribution in [1.29, 1.82) is 0 Å². The zero-order valence-corrected chi connectivity index (χ0v) is 24.3. The number of carboxylic acids is 1. The highest BCUT2D eigenvalue weighted by molar-refractivity contribution is 7.79. The summed E-state index contributed by atoms with van der Waals surface area (Å²) in [5.41, 5.74) is 6.86. The van der Waals surface area contributed by atoms with Crippen LogP contribution in [0.25, 0.3) is 0 Å². The van der Waals surface area contributed by atoms with E-state index in [0.717, 1.165) is 18.7 Å². The maximum absolute atomic E-state index is 12.4. The number of aliphatic carboxylic acids is 1. The Bertz CT molecular complexity index is 1040. The highest BCUT2D eigenvalue weighted by Gasteiger charge is 2.26. The van der Waals surface area contributed by atoms with Gasteiger partial charge in [0, 0.05) is 30.8 Å². The number of carbonyl (C=O) groups excluding carboxylic acids is 4. The Balaban J connectivity index is 2.46. The molecule has 9 N–H and O–H groups in total. The van der Waals surface area contributed by atoms with E-state index in [4.69, 9.17) is 10.3 Å². The lowest BCUT2D eigenvalue weighted by Crippen LogP contribution is -2.50. The van der Waals surface area contributed by atoms with Crippen molar-refractivity contribution in [3.63, 3.8) is 0 Å². The van der Waals surface area contributed by atoms with Gasteiger partial charge in [-0.15, -0.1) is 0 Å². The molecule has 4 amide bonds. The van der Waals surface area contributed by atoms with E-state index in [-0.39, 0.29) is 37.3 Å². The molecule has 41 heavy (non-hydrogen) atoms. The number of likely N-dealkylation sites (N-methyl/N-ethyl adjacent to an activating group) is 1. The molecule has 0 spiro atoms. The molecule has 0 aliphatic rings. The molecule has 1 aromatic rings. The van der Waals surface area contributed by atoms with Gasteiger partial charge in [0.1, 0.15) is 12.1 Å². The monoisotopic (exact) mass is 598 g/mol. The number of carboxylic acid groups (broad SMARTS) is 1. The van der Waals surface area contributed by atoms with Gasteiger partial charge in [-0.1, -0.05) is 6.92 Å². The molecule has 0 aliphatic carbocycles. The van der Waals surface area contributed by atoms with Gasteiger partial charge in [-0.3, -0.25) is 19.2 Å². The van der Waals surface area contributed by atoms with Gasteiger partial charge in [-0.2, -0.15) is 0 Å². The van der Waals surface area contributed by atoms with Crippen molar-refractivity contribution in [2.45, 2.75) is 70.0 Å². The maximum atomic E-state index is 12.4. The molecule has 14 nitrogen and oxygen atoms in total. The minimum Gasteiger partial charge on any atom is -0.480 e. The quantitative estimate of drug-likeness (QED) is 0.0693. The summed E-state index contributed by atoms with van der Waals surface area (Å²) in [4.78, 5) is 60.5. The summed E-state index contributed by atoms with van der Waals surface area (Å²) >= 11 is -2.11.